The van der Waals surface area contributed by atoms with Crippen LogP contribution in [0.3, 0.4) is 0 Å². The van der Waals surface area contributed by atoms with Gasteiger partial charge < -0.3 is 15.5 Å². The van der Waals surface area contributed by atoms with E-state index in [-0.39, 0.29) is 10.0 Å². The van der Waals surface area contributed by atoms with Crippen LogP contribution in [0.4, 0.5) is 11.4 Å². The SMILES string of the molecule is CCCON=CC(C(=O)Nc1ccc(Cl)cc1Cl)C(=O)Nc1ccc(Cl)cc1Cl. The number of benzene rings is 2. The molecule has 0 aliphatic rings. The summed E-state index contributed by atoms with van der Waals surface area (Å²) in [7, 11) is 0. The predicted molar refractivity (Wildman–Crippen MR) is 118 cm³/mol. The lowest BCUT2D eigenvalue weighted by Crippen LogP contribution is -2.35. The number of halogens is 4. The molecule has 2 aromatic rings. The van der Waals surface area contributed by atoms with E-state index >= 15 is 0 Å². The standard InChI is InChI=1S/C19H17Cl4N3O3/c1-2-7-29-24-10-13(18(27)25-16-5-3-11(20)8-14(16)22)19(28)26-17-6-4-12(21)9-15(17)23/h3-6,8-10,13H,2,7H2,1H3,(H,25,27)(H,26,28). The third-order valence-corrected chi connectivity index (χ3v) is 4.62. The number of carbonyl (C=O) groups is 2. The van der Waals surface area contributed by atoms with Gasteiger partial charge >= 0.3 is 0 Å². The molecule has 0 heterocycles. The van der Waals surface area contributed by atoms with E-state index in [1.807, 2.05) is 6.92 Å². The summed E-state index contributed by atoms with van der Waals surface area (Å²) in [6.07, 6.45) is 1.83. The lowest BCUT2D eigenvalue weighted by Gasteiger charge is -2.15. The molecule has 0 spiro atoms. The summed E-state index contributed by atoms with van der Waals surface area (Å²) in [6.45, 7) is 2.25. The van der Waals surface area contributed by atoms with Crippen LogP contribution in [0.15, 0.2) is 41.6 Å². The number of oxime groups is 1. The molecule has 0 saturated heterocycles. The van der Waals surface area contributed by atoms with E-state index in [0.29, 0.717) is 28.0 Å². The molecule has 2 N–H and O–H groups in total. The number of hydrogen-bond donors (Lipinski definition) is 2. The quantitative estimate of drug-likeness (QED) is 0.215. The van der Waals surface area contributed by atoms with E-state index in [9.17, 15) is 9.59 Å². The highest BCUT2D eigenvalue weighted by atomic mass is 35.5. The van der Waals surface area contributed by atoms with Crippen LogP contribution in [0.1, 0.15) is 13.3 Å². The predicted octanol–water partition coefficient (Wildman–Crippen LogP) is 5.91. The minimum Gasteiger partial charge on any atom is -0.396 e. The van der Waals surface area contributed by atoms with Gasteiger partial charge in [0.15, 0.2) is 5.92 Å². The molecule has 0 atom stereocenters. The molecule has 0 aliphatic carbocycles. The first-order valence-corrected chi connectivity index (χ1v) is 10.00. The Hall–Kier alpha value is -1.99. The van der Waals surface area contributed by atoms with Crippen molar-refractivity contribution < 1.29 is 14.4 Å². The maximum absolute atomic E-state index is 12.7. The monoisotopic (exact) mass is 475 g/mol. The zero-order valence-corrected chi connectivity index (χ0v) is 18.2. The van der Waals surface area contributed by atoms with Gasteiger partial charge in [-0.25, -0.2) is 0 Å². The summed E-state index contributed by atoms with van der Waals surface area (Å²) in [4.78, 5) is 30.5. The number of carbonyl (C=O) groups excluding carboxylic acids is 2. The molecule has 0 fully saturated rings. The summed E-state index contributed by atoms with van der Waals surface area (Å²) in [5.74, 6) is -2.65. The Morgan fingerprint density at radius 1 is 0.966 bits per heavy atom. The van der Waals surface area contributed by atoms with Gasteiger partial charge in [-0.05, 0) is 42.8 Å². The number of anilines is 2. The van der Waals surface area contributed by atoms with E-state index in [1.165, 1.54) is 24.3 Å². The summed E-state index contributed by atoms with van der Waals surface area (Å²) < 4.78 is 0. The third kappa shape index (κ3) is 7.08. The Morgan fingerprint density at radius 3 is 1.86 bits per heavy atom. The largest absolute Gasteiger partial charge is 0.396 e. The van der Waals surface area contributed by atoms with E-state index < -0.39 is 17.7 Å². The highest BCUT2D eigenvalue weighted by molar-refractivity contribution is 6.38. The second kappa shape index (κ2) is 11.3. The minimum absolute atomic E-state index is 0.227. The van der Waals surface area contributed by atoms with Crippen molar-refractivity contribution >= 4 is 75.8 Å². The number of amides is 2. The zero-order valence-electron chi connectivity index (χ0n) is 15.2. The fourth-order valence-electron chi connectivity index (χ4n) is 2.11. The summed E-state index contributed by atoms with van der Waals surface area (Å²) in [6, 6.07) is 9.12. The number of nitrogens with zero attached hydrogens (tertiary/aromatic N) is 1. The van der Waals surface area contributed by atoms with E-state index in [0.717, 1.165) is 12.6 Å². The van der Waals surface area contributed by atoms with Crippen LogP contribution in [0, 0.1) is 5.92 Å². The Balaban J connectivity index is 2.21. The second-order valence-electron chi connectivity index (χ2n) is 5.79. The van der Waals surface area contributed by atoms with Crippen LogP contribution in [-0.4, -0.2) is 24.6 Å². The lowest BCUT2D eigenvalue weighted by atomic mass is 10.1. The van der Waals surface area contributed by atoms with Crippen molar-refractivity contribution in [1.82, 2.24) is 0 Å². The molecule has 2 rings (SSSR count). The van der Waals surface area contributed by atoms with E-state index in [4.69, 9.17) is 51.2 Å². The Kier molecular flexibility index (Phi) is 9.04. The zero-order chi connectivity index (χ0) is 21.4. The maximum atomic E-state index is 12.7. The summed E-state index contributed by atoms with van der Waals surface area (Å²) in [5.41, 5.74) is 0.595. The molecule has 2 aromatic carbocycles. The van der Waals surface area contributed by atoms with Gasteiger partial charge in [-0.3, -0.25) is 9.59 Å². The fraction of sp³-hybridized carbons (Fsp3) is 0.211. The highest BCUT2D eigenvalue weighted by Gasteiger charge is 2.27. The van der Waals surface area contributed by atoms with Gasteiger partial charge in [0.2, 0.25) is 11.8 Å². The van der Waals surface area contributed by atoms with Crippen LogP contribution >= 0.6 is 46.4 Å². The van der Waals surface area contributed by atoms with Crippen molar-refractivity contribution in [3.8, 4) is 0 Å². The molecule has 29 heavy (non-hydrogen) atoms. The van der Waals surface area contributed by atoms with Gasteiger partial charge in [0.25, 0.3) is 0 Å². The summed E-state index contributed by atoms with van der Waals surface area (Å²) >= 11 is 23.9. The first-order valence-electron chi connectivity index (χ1n) is 8.49. The van der Waals surface area contributed by atoms with Crippen LogP contribution in [0.2, 0.25) is 20.1 Å². The fourth-order valence-corrected chi connectivity index (χ4v) is 3.02. The molecule has 0 bridgehead atoms. The molecular formula is C19H17Cl4N3O3. The molecule has 154 valence electrons. The highest BCUT2D eigenvalue weighted by Crippen LogP contribution is 2.27. The molecule has 6 nitrogen and oxygen atoms in total. The first kappa shape index (κ1) is 23.3. The van der Waals surface area contributed by atoms with Crippen molar-refractivity contribution in [2.45, 2.75) is 13.3 Å². The Morgan fingerprint density at radius 2 is 1.45 bits per heavy atom. The maximum Gasteiger partial charge on any atom is 0.242 e. The van der Waals surface area contributed by atoms with Gasteiger partial charge in [0, 0.05) is 10.0 Å². The van der Waals surface area contributed by atoms with Crippen molar-refractivity contribution in [1.29, 1.82) is 0 Å². The van der Waals surface area contributed by atoms with Crippen molar-refractivity contribution in [2.75, 3.05) is 17.2 Å². The van der Waals surface area contributed by atoms with E-state index in [2.05, 4.69) is 15.8 Å². The molecule has 0 unspecified atom stereocenters. The molecular weight excluding hydrogens is 460 g/mol. The van der Waals surface area contributed by atoms with Gasteiger partial charge in [-0.2, -0.15) is 0 Å². The van der Waals surface area contributed by atoms with Crippen molar-refractivity contribution in [2.24, 2.45) is 11.1 Å². The average Bonchev–Trinajstić information content (AvgIpc) is 2.66. The molecule has 0 saturated carbocycles. The van der Waals surface area contributed by atoms with Crippen LogP contribution in [0.25, 0.3) is 0 Å². The van der Waals surface area contributed by atoms with Crippen LogP contribution in [-0.2, 0) is 14.4 Å². The number of rotatable bonds is 8. The van der Waals surface area contributed by atoms with Crippen LogP contribution < -0.4 is 10.6 Å². The molecule has 0 aromatic heterocycles. The minimum atomic E-state index is -1.31. The Labute approximate surface area is 188 Å². The second-order valence-corrected chi connectivity index (χ2v) is 7.48. The number of nitrogens with one attached hydrogen (secondary N) is 2. The van der Waals surface area contributed by atoms with Gasteiger partial charge in [0.1, 0.15) is 6.61 Å². The molecule has 0 radical (unpaired) electrons. The van der Waals surface area contributed by atoms with Crippen molar-refractivity contribution in [3.05, 3.63) is 56.5 Å². The third-order valence-electron chi connectivity index (χ3n) is 3.52. The smallest absolute Gasteiger partial charge is 0.242 e. The average molecular weight is 477 g/mol. The lowest BCUT2D eigenvalue weighted by molar-refractivity contribution is -0.126. The Bertz CT molecular complexity index is 856. The van der Waals surface area contributed by atoms with Gasteiger partial charge in [-0.1, -0.05) is 58.5 Å². The van der Waals surface area contributed by atoms with Gasteiger partial charge in [0.05, 0.1) is 27.6 Å². The molecule has 2 amide bonds. The normalized spacial score (nSPS) is 11.0. The van der Waals surface area contributed by atoms with Crippen LogP contribution in [0.5, 0.6) is 0 Å². The number of hydrogen-bond acceptors (Lipinski definition) is 4. The van der Waals surface area contributed by atoms with Gasteiger partial charge in [-0.15, -0.1) is 0 Å². The first-order chi connectivity index (χ1) is 13.8. The topological polar surface area (TPSA) is 79.8 Å². The summed E-state index contributed by atoms with van der Waals surface area (Å²) in [5, 5.41) is 10.1. The van der Waals surface area contributed by atoms with Crippen molar-refractivity contribution in [3.63, 3.8) is 0 Å². The molecule has 10 heteroatoms. The van der Waals surface area contributed by atoms with E-state index in [1.54, 1.807) is 12.1 Å². The molecule has 0 aliphatic heterocycles.